The first-order valence-electron chi connectivity index (χ1n) is 8.15. The number of hydrogen-bond donors (Lipinski definition) is 0. The van der Waals surface area contributed by atoms with Gasteiger partial charge in [0.2, 0.25) is 0 Å². The topological polar surface area (TPSA) is 17.4 Å². The first-order valence-corrected chi connectivity index (χ1v) is 8.15. The van der Waals surface area contributed by atoms with Crippen LogP contribution < -0.4 is 15.5 Å². The lowest BCUT2D eigenvalue weighted by atomic mass is 10.2. The Morgan fingerprint density at radius 3 is 2.43 bits per heavy atom. The Morgan fingerprint density at radius 1 is 1.13 bits per heavy atom. The molecular formula is C20H24N2O. The number of aryl methyl sites for hydroxylation is 1. The van der Waals surface area contributed by atoms with Crippen molar-refractivity contribution in [2.24, 2.45) is 0 Å². The molecule has 0 bridgehead atoms. The van der Waals surface area contributed by atoms with Gasteiger partial charge < -0.3 is 14.2 Å². The van der Waals surface area contributed by atoms with Gasteiger partial charge in [0.05, 0.1) is 24.3 Å². The zero-order chi connectivity index (χ0) is 16.2. The zero-order valence-electron chi connectivity index (χ0n) is 14.0. The van der Waals surface area contributed by atoms with E-state index in [0.29, 0.717) is 0 Å². The molecule has 0 atom stereocenters. The minimum Gasteiger partial charge on any atom is -0.378 e. The second-order valence-corrected chi connectivity index (χ2v) is 5.81. The maximum Gasteiger partial charge on any atom is 0.0642 e. The van der Waals surface area contributed by atoms with Gasteiger partial charge in [0.25, 0.3) is 0 Å². The van der Waals surface area contributed by atoms with Gasteiger partial charge in [-0.1, -0.05) is 42.5 Å². The van der Waals surface area contributed by atoms with Crippen LogP contribution in [0.2, 0.25) is 0 Å². The number of allylic oxidation sites excluding steroid dienone is 1. The van der Waals surface area contributed by atoms with E-state index in [1.807, 2.05) is 6.08 Å². The molecule has 2 heterocycles. The van der Waals surface area contributed by atoms with E-state index >= 15 is 0 Å². The number of anilines is 1. The average Bonchev–Trinajstić information content (AvgIpc) is 2.95. The smallest absolute Gasteiger partial charge is 0.0642 e. The van der Waals surface area contributed by atoms with Gasteiger partial charge in [-0.15, -0.1) is 0 Å². The van der Waals surface area contributed by atoms with Gasteiger partial charge in [0.15, 0.2) is 0 Å². The highest BCUT2D eigenvalue weighted by molar-refractivity contribution is 5.57. The highest BCUT2D eigenvalue weighted by Gasteiger charge is 2.15. The molecule has 1 aromatic heterocycles. The first kappa shape index (κ1) is 15.6. The van der Waals surface area contributed by atoms with E-state index in [4.69, 9.17) is 4.74 Å². The maximum absolute atomic E-state index is 5.50. The summed E-state index contributed by atoms with van der Waals surface area (Å²) in [7, 11) is 0. The largest absolute Gasteiger partial charge is 0.378 e. The van der Waals surface area contributed by atoms with E-state index in [1.54, 1.807) is 0 Å². The molecule has 0 N–H and O–H groups in total. The molecule has 3 rings (SSSR count). The predicted molar refractivity (Wildman–Crippen MR) is 97.6 cm³/mol. The van der Waals surface area contributed by atoms with Crippen LogP contribution in [0.25, 0.3) is 17.8 Å². The summed E-state index contributed by atoms with van der Waals surface area (Å²) in [4.78, 5) is 2.40. The molecule has 1 saturated heterocycles. The molecule has 0 spiro atoms. The van der Waals surface area contributed by atoms with Crippen LogP contribution in [0.1, 0.15) is 12.5 Å². The number of nitrogens with zero attached hydrogens (tertiary/aromatic N) is 2. The molecule has 1 aliphatic heterocycles. The summed E-state index contributed by atoms with van der Waals surface area (Å²) >= 11 is 0. The number of ether oxygens (including phenoxy) is 1. The van der Waals surface area contributed by atoms with Gasteiger partial charge in [0, 0.05) is 30.2 Å². The fourth-order valence-corrected chi connectivity index (χ4v) is 3.08. The molecule has 3 heteroatoms. The fraction of sp³-hybridized carbons (Fsp3) is 0.300. The quantitative estimate of drug-likeness (QED) is 0.866. The van der Waals surface area contributed by atoms with Crippen LogP contribution in [0.15, 0.2) is 43.1 Å². The van der Waals surface area contributed by atoms with E-state index in [-0.39, 0.29) is 0 Å². The van der Waals surface area contributed by atoms with Crippen LogP contribution in [0, 0.1) is 6.92 Å². The standard InChI is InChI=1S/C20H24N2O/c1-4-6-18-19(5-2)22(17-9-7-16(3)8-10-17)15-20(18)21-11-13-23-14-12-21/h4-10,15H,1,11-14H2,2-3H3/b18-6+,19-5+. The highest BCUT2D eigenvalue weighted by Crippen LogP contribution is 2.14. The lowest BCUT2D eigenvalue weighted by Gasteiger charge is -2.28. The minimum atomic E-state index is 0.786. The van der Waals surface area contributed by atoms with Crippen molar-refractivity contribution >= 4 is 17.8 Å². The van der Waals surface area contributed by atoms with Crippen LogP contribution in [0.5, 0.6) is 0 Å². The second kappa shape index (κ2) is 6.88. The number of aromatic nitrogens is 1. The molecular weight excluding hydrogens is 284 g/mol. The predicted octanol–water partition coefficient (Wildman–Crippen LogP) is 2.39. The van der Waals surface area contributed by atoms with Crippen molar-refractivity contribution in [1.29, 1.82) is 0 Å². The molecule has 0 radical (unpaired) electrons. The van der Waals surface area contributed by atoms with Gasteiger partial charge in [-0.05, 0) is 26.0 Å². The van der Waals surface area contributed by atoms with Crippen molar-refractivity contribution in [1.82, 2.24) is 4.57 Å². The van der Waals surface area contributed by atoms with Crippen LogP contribution >= 0.6 is 0 Å². The molecule has 1 aliphatic rings. The molecule has 1 aromatic carbocycles. The summed E-state index contributed by atoms with van der Waals surface area (Å²) in [6.45, 7) is 11.5. The van der Waals surface area contributed by atoms with Crippen molar-refractivity contribution in [3.63, 3.8) is 0 Å². The highest BCUT2D eigenvalue weighted by atomic mass is 16.5. The van der Waals surface area contributed by atoms with Crippen molar-refractivity contribution in [3.05, 3.63) is 59.2 Å². The fourth-order valence-electron chi connectivity index (χ4n) is 3.08. The van der Waals surface area contributed by atoms with Crippen molar-refractivity contribution < 1.29 is 4.74 Å². The summed E-state index contributed by atoms with van der Waals surface area (Å²) in [6, 6.07) is 8.65. The Bertz CT molecular complexity index is 793. The Balaban J connectivity index is 2.19. The van der Waals surface area contributed by atoms with Crippen LogP contribution in [0.4, 0.5) is 5.69 Å². The normalized spacial score (nSPS) is 16.9. The molecule has 0 unspecified atom stereocenters. The molecule has 1 fully saturated rings. The van der Waals surface area contributed by atoms with E-state index < -0.39 is 0 Å². The van der Waals surface area contributed by atoms with E-state index in [2.05, 4.69) is 72.5 Å². The monoisotopic (exact) mass is 308 g/mol. The SMILES string of the molecule is C=C/C=c1/c(N2CCOCC2)cn(-c2ccc(C)cc2)/c1=C/C. The lowest BCUT2D eigenvalue weighted by molar-refractivity contribution is 0.122. The molecule has 0 saturated carbocycles. The van der Waals surface area contributed by atoms with Crippen molar-refractivity contribution in [2.45, 2.75) is 13.8 Å². The molecule has 3 nitrogen and oxygen atoms in total. The van der Waals surface area contributed by atoms with Gasteiger partial charge in [-0.3, -0.25) is 0 Å². The number of morpholine rings is 1. The summed E-state index contributed by atoms with van der Waals surface area (Å²) in [5.41, 5.74) is 3.71. The Morgan fingerprint density at radius 2 is 1.83 bits per heavy atom. The molecule has 23 heavy (non-hydrogen) atoms. The Hall–Kier alpha value is -2.26. The van der Waals surface area contributed by atoms with Gasteiger partial charge in [-0.2, -0.15) is 0 Å². The number of benzene rings is 1. The third-order valence-corrected chi connectivity index (χ3v) is 4.28. The van der Waals surface area contributed by atoms with Gasteiger partial charge in [0.1, 0.15) is 0 Å². The lowest BCUT2D eigenvalue weighted by Crippen LogP contribution is -2.40. The molecule has 0 aliphatic carbocycles. The molecule has 120 valence electrons. The van der Waals surface area contributed by atoms with Crippen LogP contribution in [-0.2, 0) is 4.74 Å². The van der Waals surface area contributed by atoms with Crippen LogP contribution in [-0.4, -0.2) is 30.9 Å². The second-order valence-electron chi connectivity index (χ2n) is 5.81. The van der Waals surface area contributed by atoms with E-state index in [1.165, 1.54) is 27.5 Å². The summed E-state index contributed by atoms with van der Waals surface area (Å²) in [5, 5.41) is 2.43. The van der Waals surface area contributed by atoms with E-state index in [9.17, 15) is 0 Å². The molecule has 0 amide bonds. The first-order chi connectivity index (χ1) is 11.2. The summed E-state index contributed by atoms with van der Waals surface area (Å²) in [6.07, 6.45) is 8.37. The minimum absolute atomic E-state index is 0.786. The Labute approximate surface area is 137 Å². The average molecular weight is 308 g/mol. The van der Waals surface area contributed by atoms with Crippen LogP contribution in [0.3, 0.4) is 0 Å². The third-order valence-electron chi connectivity index (χ3n) is 4.28. The molecule has 2 aromatic rings. The van der Waals surface area contributed by atoms with Crippen molar-refractivity contribution in [3.8, 4) is 5.69 Å². The van der Waals surface area contributed by atoms with Gasteiger partial charge >= 0.3 is 0 Å². The third kappa shape index (κ3) is 3.10. The zero-order valence-corrected chi connectivity index (χ0v) is 14.0. The maximum atomic E-state index is 5.50. The van der Waals surface area contributed by atoms with E-state index in [0.717, 1.165) is 26.3 Å². The Kier molecular flexibility index (Phi) is 4.68. The number of hydrogen-bond acceptors (Lipinski definition) is 2. The summed E-state index contributed by atoms with van der Waals surface area (Å²) < 4.78 is 7.76. The summed E-state index contributed by atoms with van der Waals surface area (Å²) in [5.74, 6) is 0. The van der Waals surface area contributed by atoms with Gasteiger partial charge in [-0.25, -0.2) is 0 Å². The number of rotatable bonds is 3. The van der Waals surface area contributed by atoms with Crippen molar-refractivity contribution in [2.75, 3.05) is 31.2 Å².